The van der Waals surface area contributed by atoms with E-state index >= 15 is 0 Å². The van der Waals surface area contributed by atoms with Crippen LogP contribution >= 0.6 is 0 Å². The summed E-state index contributed by atoms with van der Waals surface area (Å²) in [6.45, 7) is 3.09. The molecule has 0 spiro atoms. The lowest BCUT2D eigenvalue weighted by Gasteiger charge is -2.40. The minimum atomic E-state index is -0.114. The van der Waals surface area contributed by atoms with E-state index in [1.807, 2.05) is 37.3 Å². The van der Waals surface area contributed by atoms with Gasteiger partial charge >= 0.3 is 0 Å². The SMILES string of the molecule is CCC(C(=O)N1CC(Oc2ncccc2C#N)C1)c1ccccc1. The highest BCUT2D eigenvalue weighted by Crippen LogP contribution is 2.26. The predicted molar refractivity (Wildman–Crippen MR) is 89.4 cm³/mol. The summed E-state index contributed by atoms with van der Waals surface area (Å²) in [4.78, 5) is 18.6. The highest BCUT2D eigenvalue weighted by Gasteiger charge is 2.36. The molecule has 1 saturated heterocycles. The summed E-state index contributed by atoms with van der Waals surface area (Å²) in [6.07, 6.45) is 2.26. The van der Waals surface area contributed by atoms with Gasteiger partial charge in [-0.15, -0.1) is 0 Å². The Hall–Kier alpha value is -2.87. The second-order valence-corrected chi connectivity index (χ2v) is 5.82. The molecule has 1 atom stereocenters. The van der Waals surface area contributed by atoms with Gasteiger partial charge in [-0.3, -0.25) is 4.79 Å². The summed E-state index contributed by atoms with van der Waals surface area (Å²) < 4.78 is 5.74. The number of rotatable bonds is 5. The number of aromatic nitrogens is 1. The van der Waals surface area contributed by atoms with Gasteiger partial charge in [0.2, 0.25) is 11.8 Å². The molecule has 0 aliphatic carbocycles. The number of carbonyl (C=O) groups excluding carboxylic acids is 1. The smallest absolute Gasteiger partial charge is 0.232 e. The van der Waals surface area contributed by atoms with Gasteiger partial charge in [0.15, 0.2) is 0 Å². The molecule has 0 radical (unpaired) electrons. The molecule has 24 heavy (non-hydrogen) atoms. The number of likely N-dealkylation sites (tertiary alicyclic amines) is 1. The topological polar surface area (TPSA) is 66.2 Å². The molecule has 0 N–H and O–H groups in total. The number of hydrogen-bond acceptors (Lipinski definition) is 4. The molecule has 1 fully saturated rings. The maximum atomic E-state index is 12.7. The number of pyridine rings is 1. The number of nitriles is 1. The van der Waals surface area contributed by atoms with Crippen LogP contribution in [-0.4, -0.2) is 35.0 Å². The van der Waals surface area contributed by atoms with Crippen molar-refractivity contribution in [3.8, 4) is 11.9 Å². The Morgan fingerprint density at radius 1 is 1.33 bits per heavy atom. The molecular formula is C19H19N3O2. The van der Waals surface area contributed by atoms with Crippen LogP contribution in [0.4, 0.5) is 0 Å². The predicted octanol–water partition coefficient (Wildman–Crippen LogP) is 2.74. The first-order chi connectivity index (χ1) is 11.7. The summed E-state index contributed by atoms with van der Waals surface area (Å²) in [7, 11) is 0. The lowest BCUT2D eigenvalue weighted by atomic mass is 9.93. The van der Waals surface area contributed by atoms with E-state index < -0.39 is 0 Å². The van der Waals surface area contributed by atoms with Crippen LogP contribution < -0.4 is 4.74 Å². The summed E-state index contributed by atoms with van der Waals surface area (Å²) in [6, 6.07) is 15.3. The number of nitrogens with zero attached hydrogens (tertiary/aromatic N) is 3. The lowest BCUT2D eigenvalue weighted by molar-refractivity contribution is -0.141. The molecule has 3 rings (SSSR count). The molecule has 5 heteroatoms. The first-order valence-electron chi connectivity index (χ1n) is 8.08. The second kappa shape index (κ2) is 7.14. The average Bonchev–Trinajstić information content (AvgIpc) is 2.59. The van der Waals surface area contributed by atoms with Crippen molar-refractivity contribution in [2.45, 2.75) is 25.4 Å². The van der Waals surface area contributed by atoms with Gasteiger partial charge < -0.3 is 9.64 Å². The van der Waals surface area contributed by atoms with E-state index in [9.17, 15) is 4.79 Å². The van der Waals surface area contributed by atoms with E-state index in [4.69, 9.17) is 10.00 Å². The third kappa shape index (κ3) is 3.23. The summed E-state index contributed by atoms with van der Waals surface area (Å²) in [5.74, 6) is 0.356. The van der Waals surface area contributed by atoms with Crippen LogP contribution in [0.2, 0.25) is 0 Å². The molecule has 5 nitrogen and oxygen atoms in total. The van der Waals surface area contributed by atoms with Crippen molar-refractivity contribution in [2.75, 3.05) is 13.1 Å². The zero-order valence-electron chi connectivity index (χ0n) is 13.6. The Bertz CT molecular complexity index is 749. The average molecular weight is 321 g/mol. The van der Waals surface area contributed by atoms with E-state index in [2.05, 4.69) is 11.1 Å². The summed E-state index contributed by atoms with van der Waals surface area (Å²) in [5, 5.41) is 9.06. The molecule has 1 aromatic heterocycles. The Morgan fingerprint density at radius 3 is 2.75 bits per heavy atom. The maximum Gasteiger partial charge on any atom is 0.232 e. The zero-order chi connectivity index (χ0) is 16.9. The van der Waals surface area contributed by atoms with Crippen LogP contribution in [0.1, 0.15) is 30.4 Å². The molecule has 2 heterocycles. The fourth-order valence-corrected chi connectivity index (χ4v) is 2.88. The highest BCUT2D eigenvalue weighted by atomic mass is 16.5. The highest BCUT2D eigenvalue weighted by molar-refractivity contribution is 5.84. The molecule has 1 aromatic carbocycles. The number of benzene rings is 1. The standard InChI is InChI=1S/C19H19N3O2/c1-2-17(14-7-4-3-5-8-14)19(23)22-12-16(13-22)24-18-15(11-20)9-6-10-21-18/h3-10,16-17H,2,12-13H2,1H3. The quantitative estimate of drug-likeness (QED) is 0.849. The Balaban J connectivity index is 1.60. The van der Waals surface area contributed by atoms with Crippen LogP contribution in [0.3, 0.4) is 0 Å². The number of hydrogen-bond donors (Lipinski definition) is 0. The van der Waals surface area contributed by atoms with Gasteiger partial charge in [0, 0.05) is 6.20 Å². The zero-order valence-corrected chi connectivity index (χ0v) is 13.6. The van der Waals surface area contributed by atoms with E-state index in [1.165, 1.54) is 0 Å². The van der Waals surface area contributed by atoms with Crippen molar-refractivity contribution in [3.63, 3.8) is 0 Å². The minimum Gasteiger partial charge on any atom is -0.470 e. The maximum absolute atomic E-state index is 12.7. The van der Waals surface area contributed by atoms with Crippen LogP contribution in [0.15, 0.2) is 48.7 Å². The molecule has 0 bridgehead atoms. The minimum absolute atomic E-state index is 0.107. The largest absolute Gasteiger partial charge is 0.470 e. The Labute approximate surface area is 141 Å². The fraction of sp³-hybridized carbons (Fsp3) is 0.316. The Kier molecular flexibility index (Phi) is 4.76. The molecule has 1 unspecified atom stereocenters. The van der Waals surface area contributed by atoms with E-state index in [-0.39, 0.29) is 17.9 Å². The van der Waals surface area contributed by atoms with Gasteiger partial charge in [-0.2, -0.15) is 5.26 Å². The third-order valence-electron chi connectivity index (χ3n) is 4.24. The van der Waals surface area contributed by atoms with E-state index in [0.717, 1.165) is 12.0 Å². The van der Waals surface area contributed by atoms with Crippen LogP contribution in [0.5, 0.6) is 5.88 Å². The first-order valence-corrected chi connectivity index (χ1v) is 8.08. The van der Waals surface area contributed by atoms with Gasteiger partial charge in [-0.1, -0.05) is 37.3 Å². The molecule has 1 aliphatic rings. The van der Waals surface area contributed by atoms with Gasteiger partial charge in [0.25, 0.3) is 0 Å². The normalized spacial score (nSPS) is 15.2. The molecular weight excluding hydrogens is 302 g/mol. The molecule has 1 amide bonds. The molecule has 1 aliphatic heterocycles. The van der Waals surface area contributed by atoms with Gasteiger partial charge in [0.05, 0.1) is 19.0 Å². The van der Waals surface area contributed by atoms with Crippen LogP contribution in [0.25, 0.3) is 0 Å². The van der Waals surface area contributed by atoms with Crippen LogP contribution in [-0.2, 0) is 4.79 Å². The first kappa shape index (κ1) is 16.0. The van der Waals surface area contributed by atoms with Crippen molar-refractivity contribution < 1.29 is 9.53 Å². The summed E-state index contributed by atoms with van der Waals surface area (Å²) >= 11 is 0. The molecule has 0 saturated carbocycles. The molecule has 2 aromatic rings. The van der Waals surface area contributed by atoms with Gasteiger partial charge in [-0.25, -0.2) is 4.98 Å². The Morgan fingerprint density at radius 2 is 2.08 bits per heavy atom. The van der Waals surface area contributed by atoms with E-state index in [0.29, 0.717) is 24.5 Å². The van der Waals surface area contributed by atoms with Crippen LogP contribution in [0, 0.1) is 11.3 Å². The van der Waals surface area contributed by atoms with Gasteiger partial charge in [-0.05, 0) is 24.1 Å². The monoisotopic (exact) mass is 321 g/mol. The second-order valence-electron chi connectivity index (χ2n) is 5.82. The number of ether oxygens (including phenoxy) is 1. The lowest BCUT2D eigenvalue weighted by Crippen LogP contribution is -2.57. The third-order valence-corrected chi connectivity index (χ3v) is 4.24. The van der Waals surface area contributed by atoms with Gasteiger partial charge in [0.1, 0.15) is 17.7 Å². The number of amides is 1. The van der Waals surface area contributed by atoms with Crippen molar-refractivity contribution in [3.05, 3.63) is 59.8 Å². The number of carbonyl (C=O) groups is 1. The van der Waals surface area contributed by atoms with Crippen molar-refractivity contribution in [1.29, 1.82) is 5.26 Å². The summed E-state index contributed by atoms with van der Waals surface area (Å²) in [5.41, 5.74) is 1.46. The van der Waals surface area contributed by atoms with E-state index in [1.54, 1.807) is 23.2 Å². The van der Waals surface area contributed by atoms with Crippen molar-refractivity contribution in [2.24, 2.45) is 0 Å². The fourth-order valence-electron chi connectivity index (χ4n) is 2.88. The van der Waals surface area contributed by atoms with Crippen molar-refractivity contribution in [1.82, 2.24) is 9.88 Å². The molecule has 122 valence electrons. The van der Waals surface area contributed by atoms with Crippen molar-refractivity contribution >= 4 is 5.91 Å².